The zero-order chi connectivity index (χ0) is 21.0. The van der Waals surface area contributed by atoms with E-state index in [0.29, 0.717) is 21.8 Å². The van der Waals surface area contributed by atoms with Crippen molar-refractivity contribution in [2.75, 3.05) is 11.1 Å². The summed E-state index contributed by atoms with van der Waals surface area (Å²) in [6.45, 7) is 5.84. The van der Waals surface area contributed by atoms with Crippen LogP contribution in [0.25, 0.3) is 0 Å². The van der Waals surface area contributed by atoms with E-state index in [9.17, 15) is 4.79 Å². The molecule has 0 unspecified atom stereocenters. The second-order valence-electron chi connectivity index (χ2n) is 6.69. The second kappa shape index (κ2) is 9.33. The van der Waals surface area contributed by atoms with E-state index in [-0.39, 0.29) is 17.8 Å². The molecule has 0 fully saturated rings. The first-order valence-corrected chi connectivity index (χ1v) is 10.5. The number of halogens is 1. The number of benzene rings is 2. The minimum Gasteiger partial charge on any atom is -0.481 e. The smallest absolute Gasteiger partial charge is 0.234 e. The number of rotatable bonds is 7. The standard InChI is InChI=1S/C21H23ClN4O2S/c1-13-8-7-9-14(2)19(13)23-18(27)12-29-21-25-24-20(26(21)4)15(3)28-17-11-6-5-10-16(17)22/h5-11,15H,12H2,1-4H3,(H,23,27)/t15-/m0/s1. The minimum atomic E-state index is -0.342. The number of amides is 1. The molecule has 1 heterocycles. The number of carbonyl (C=O) groups is 1. The fraction of sp³-hybridized carbons (Fsp3) is 0.286. The van der Waals surface area contributed by atoms with Gasteiger partial charge in [0.15, 0.2) is 17.1 Å². The highest BCUT2D eigenvalue weighted by Crippen LogP contribution is 2.29. The van der Waals surface area contributed by atoms with E-state index in [0.717, 1.165) is 16.8 Å². The molecular formula is C21H23ClN4O2S. The first-order valence-electron chi connectivity index (χ1n) is 9.16. The van der Waals surface area contributed by atoms with Gasteiger partial charge in [0.2, 0.25) is 5.91 Å². The van der Waals surface area contributed by atoms with Gasteiger partial charge in [-0.15, -0.1) is 10.2 Å². The average molecular weight is 431 g/mol. The third-order valence-corrected chi connectivity index (χ3v) is 5.78. The quantitative estimate of drug-likeness (QED) is 0.536. The van der Waals surface area contributed by atoms with Crippen molar-refractivity contribution in [2.24, 2.45) is 7.05 Å². The summed E-state index contributed by atoms with van der Waals surface area (Å²) in [5.41, 5.74) is 2.93. The van der Waals surface area contributed by atoms with Gasteiger partial charge < -0.3 is 14.6 Å². The number of anilines is 1. The molecule has 1 amide bonds. The molecule has 0 aliphatic rings. The molecule has 0 spiro atoms. The molecule has 8 heteroatoms. The SMILES string of the molecule is Cc1cccc(C)c1NC(=O)CSc1nnc([C@H](C)Oc2ccccc2Cl)n1C. The van der Waals surface area contributed by atoms with Crippen LogP contribution in [0.3, 0.4) is 0 Å². The van der Waals surface area contributed by atoms with Crippen LogP contribution >= 0.6 is 23.4 Å². The number of hydrogen-bond acceptors (Lipinski definition) is 5. The lowest BCUT2D eigenvalue weighted by Gasteiger charge is -2.15. The molecule has 1 atom stereocenters. The lowest BCUT2D eigenvalue weighted by Crippen LogP contribution is -2.16. The topological polar surface area (TPSA) is 69.0 Å². The van der Waals surface area contributed by atoms with Crippen molar-refractivity contribution in [1.82, 2.24) is 14.8 Å². The zero-order valence-electron chi connectivity index (χ0n) is 16.8. The largest absolute Gasteiger partial charge is 0.481 e. The number of aromatic nitrogens is 3. The van der Waals surface area contributed by atoms with Crippen molar-refractivity contribution >= 4 is 35.0 Å². The highest BCUT2D eigenvalue weighted by Gasteiger charge is 2.19. The number of nitrogens with zero attached hydrogens (tertiary/aromatic N) is 3. The number of hydrogen-bond donors (Lipinski definition) is 1. The summed E-state index contributed by atoms with van der Waals surface area (Å²) in [6.07, 6.45) is -0.342. The fourth-order valence-corrected chi connectivity index (χ4v) is 3.80. The maximum atomic E-state index is 12.4. The lowest BCUT2D eigenvalue weighted by atomic mass is 10.1. The molecular weight excluding hydrogens is 408 g/mol. The molecule has 0 aliphatic carbocycles. The molecule has 3 rings (SSSR count). The van der Waals surface area contributed by atoms with Gasteiger partial charge in [-0.2, -0.15) is 0 Å². The van der Waals surface area contributed by atoms with Crippen LogP contribution in [0.2, 0.25) is 5.02 Å². The Morgan fingerprint density at radius 1 is 1.17 bits per heavy atom. The molecule has 3 aromatic rings. The van der Waals surface area contributed by atoms with Crippen LogP contribution in [-0.2, 0) is 11.8 Å². The predicted octanol–water partition coefficient (Wildman–Crippen LogP) is 4.96. The van der Waals surface area contributed by atoms with E-state index in [1.165, 1.54) is 11.8 Å². The summed E-state index contributed by atoms with van der Waals surface area (Å²) in [6, 6.07) is 13.2. The Morgan fingerprint density at radius 3 is 2.55 bits per heavy atom. The molecule has 1 N–H and O–H groups in total. The number of ether oxygens (including phenoxy) is 1. The van der Waals surface area contributed by atoms with E-state index in [1.54, 1.807) is 6.07 Å². The Hall–Kier alpha value is -2.51. The summed E-state index contributed by atoms with van der Waals surface area (Å²) >= 11 is 7.49. The van der Waals surface area contributed by atoms with Crippen LogP contribution in [0.5, 0.6) is 5.75 Å². The highest BCUT2D eigenvalue weighted by atomic mass is 35.5. The van der Waals surface area contributed by atoms with Crippen LogP contribution in [-0.4, -0.2) is 26.4 Å². The predicted molar refractivity (Wildman–Crippen MR) is 117 cm³/mol. The van der Waals surface area contributed by atoms with Gasteiger partial charge in [-0.1, -0.05) is 53.7 Å². The van der Waals surface area contributed by atoms with Crippen molar-refractivity contribution in [3.05, 3.63) is 64.4 Å². The Morgan fingerprint density at radius 2 is 1.86 bits per heavy atom. The molecule has 6 nitrogen and oxygen atoms in total. The van der Waals surface area contributed by atoms with Gasteiger partial charge >= 0.3 is 0 Å². The number of carbonyl (C=O) groups excluding carboxylic acids is 1. The monoisotopic (exact) mass is 430 g/mol. The maximum absolute atomic E-state index is 12.4. The zero-order valence-corrected chi connectivity index (χ0v) is 18.3. The number of nitrogens with one attached hydrogen (secondary N) is 1. The van der Waals surface area contributed by atoms with Gasteiger partial charge in [-0.3, -0.25) is 4.79 Å². The number of para-hydroxylation sites is 2. The Kier molecular flexibility index (Phi) is 6.82. The molecule has 0 saturated carbocycles. The normalized spacial score (nSPS) is 11.9. The van der Waals surface area contributed by atoms with E-state index in [1.807, 2.05) is 68.8 Å². The number of thioether (sulfide) groups is 1. The fourth-order valence-electron chi connectivity index (χ4n) is 2.91. The third kappa shape index (κ3) is 5.10. The highest BCUT2D eigenvalue weighted by molar-refractivity contribution is 7.99. The van der Waals surface area contributed by atoms with Crippen LogP contribution in [0, 0.1) is 13.8 Å². The molecule has 0 radical (unpaired) electrons. The minimum absolute atomic E-state index is 0.0858. The molecule has 2 aromatic carbocycles. The molecule has 1 aromatic heterocycles. The average Bonchev–Trinajstić information content (AvgIpc) is 3.05. The molecule has 0 saturated heterocycles. The van der Waals surface area contributed by atoms with Crippen molar-refractivity contribution in [3.8, 4) is 5.75 Å². The molecule has 0 bridgehead atoms. The summed E-state index contributed by atoms with van der Waals surface area (Å²) in [5.74, 6) is 1.39. The summed E-state index contributed by atoms with van der Waals surface area (Å²) in [5, 5.41) is 12.6. The summed E-state index contributed by atoms with van der Waals surface area (Å²) in [7, 11) is 1.85. The van der Waals surface area contributed by atoms with Crippen molar-refractivity contribution in [3.63, 3.8) is 0 Å². The van der Waals surface area contributed by atoms with Crippen LogP contribution in [0.4, 0.5) is 5.69 Å². The van der Waals surface area contributed by atoms with Crippen LogP contribution in [0.15, 0.2) is 47.6 Å². The second-order valence-corrected chi connectivity index (χ2v) is 8.04. The van der Waals surface area contributed by atoms with Gasteiger partial charge in [-0.25, -0.2) is 0 Å². The Balaban J connectivity index is 1.62. The summed E-state index contributed by atoms with van der Waals surface area (Å²) in [4.78, 5) is 12.4. The number of aryl methyl sites for hydroxylation is 2. The van der Waals surface area contributed by atoms with E-state index in [2.05, 4.69) is 15.5 Å². The van der Waals surface area contributed by atoms with Gasteiger partial charge in [0.1, 0.15) is 5.75 Å². The van der Waals surface area contributed by atoms with Crippen molar-refractivity contribution in [1.29, 1.82) is 0 Å². The van der Waals surface area contributed by atoms with E-state index < -0.39 is 0 Å². The first kappa shape index (κ1) is 21.2. The van der Waals surface area contributed by atoms with Crippen LogP contribution in [0.1, 0.15) is 30.0 Å². The van der Waals surface area contributed by atoms with E-state index >= 15 is 0 Å². The molecule has 152 valence electrons. The van der Waals surface area contributed by atoms with Crippen molar-refractivity contribution < 1.29 is 9.53 Å². The third-order valence-electron chi connectivity index (χ3n) is 4.45. The van der Waals surface area contributed by atoms with E-state index in [4.69, 9.17) is 16.3 Å². The lowest BCUT2D eigenvalue weighted by molar-refractivity contribution is -0.113. The Bertz CT molecular complexity index is 1000. The van der Waals surface area contributed by atoms with Gasteiger partial charge in [-0.05, 0) is 44.0 Å². The van der Waals surface area contributed by atoms with Crippen molar-refractivity contribution in [2.45, 2.75) is 32.0 Å². The first-order chi connectivity index (χ1) is 13.9. The summed E-state index contributed by atoms with van der Waals surface area (Å²) < 4.78 is 7.74. The Labute approximate surface area is 179 Å². The maximum Gasteiger partial charge on any atom is 0.234 e. The molecule has 0 aliphatic heterocycles. The van der Waals surface area contributed by atoms with Gasteiger partial charge in [0, 0.05) is 12.7 Å². The van der Waals surface area contributed by atoms with Gasteiger partial charge in [0.05, 0.1) is 10.8 Å². The van der Waals surface area contributed by atoms with Crippen LogP contribution < -0.4 is 10.1 Å². The van der Waals surface area contributed by atoms with Gasteiger partial charge in [0.25, 0.3) is 0 Å². The molecule has 29 heavy (non-hydrogen) atoms.